The van der Waals surface area contributed by atoms with Crippen molar-refractivity contribution in [3.8, 4) is 46.4 Å². The molecular weight excluding hydrogens is 691 g/mol. The van der Waals surface area contributed by atoms with Gasteiger partial charge >= 0.3 is 0 Å². The highest BCUT2D eigenvalue weighted by Gasteiger charge is 2.52. The minimum Gasteiger partial charge on any atom is -0.457 e. The number of rotatable bonds is 2. The lowest BCUT2D eigenvalue weighted by molar-refractivity contribution is 0.436. The first-order chi connectivity index (χ1) is 27.7. The van der Waals surface area contributed by atoms with Crippen LogP contribution in [0.25, 0.3) is 66.4 Å². The third kappa shape index (κ3) is 3.81. The Balaban J connectivity index is 1.15. The van der Waals surface area contributed by atoms with Crippen molar-refractivity contribution in [2.75, 3.05) is 0 Å². The van der Waals surface area contributed by atoms with Crippen LogP contribution in [0, 0.1) is 22.7 Å². The average Bonchev–Trinajstić information content (AvgIpc) is 3.87. The fourth-order valence-corrected chi connectivity index (χ4v) is 9.41. The number of nitriles is 2. The third-order valence-corrected chi connectivity index (χ3v) is 11.6. The average molecular weight is 716 g/mol. The van der Waals surface area contributed by atoms with E-state index in [-0.39, 0.29) is 0 Å². The third-order valence-electron chi connectivity index (χ3n) is 11.6. The molecule has 0 N–H and O–H groups in total. The van der Waals surface area contributed by atoms with E-state index in [0.29, 0.717) is 16.9 Å². The number of benzene rings is 5. The molecule has 10 aromatic rings. The molecule has 5 aromatic carbocycles. The molecule has 1 aliphatic carbocycles. The van der Waals surface area contributed by atoms with Crippen molar-refractivity contribution in [3.63, 3.8) is 0 Å². The SMILES string of the molecule is N#Cc1ccc2c(c1)c1cc(C#N)ccc1n2-c1ccc2c(c1)Oc1cc(-n3c4ccccc4c4ccncc43)ccc1C21c2cccnc2-c2ncccc21. The molecule has 0 atom stereocenters. The van der Waals surface area contributed by atoms with Crippen molar-refractivity contribution in [1.29, 1.82) is 10.5 Å². The number of nitrogens with zero attached hydrogens (tertiary/aromatic N) is 7. The molecular formula is C48H25N7O. The summed E-state index contributed by atoms with van der Waals surface area (Å²) in [6, 6.07) is 47.7. The minimum absolute atomic E-state index is 0.557. The summed E-state index contributed by atoms with van der Waals surface area (Å²) < 4.78 is 11.6. The highest BCUT2D eigenvalue weighted by Crippen LogP contribution is 2.61. The zero-order valence-corrected chi connectivity index (χ0v) is 29.5. The Bertz CT molecular complexity index is 3280. The van der Waals surface area contributed by atoms with Crippen molar-refractivity contribution in [2.24, 2.45) is 0 Å². The molecule has 1 aliphatic heterocycles. The van der Waals surface area contributed by atoms with Gasteiger partial charge in [0.25, 0.3) is 0 Å². The monoisotopic (exact) mass is 715 g/mol. The van der Waals surface area contributed by atoms with Gasteiger partial charge in [0, 0.05) is 74.8 Å². The molecule has 0 saturated carbocycles. The molecule has 258 valence electrons. The molecule has 2 aliphatic rings. The van der Waals surface area contributed by atoms with E-state index in [1.165, 1.54) is 0 Å². The summed E-state index contributed by atoms with van der Waals surface area (Å²) in [7, 11) is 0. The van der Waals surface area contributed by atoms with Gasteiger partial charge in [0.15, 0.2) is 0 Å². The van der Waals surface area contributed by atoms with E-state index >= 15 is 0 Å². The summed E-state index contributed by atoms with van der Waals surface area (Å²) >= 11 is 0. The van der Waals surface area contributed by atoms with E-state index in [2.05, 4.69) is 105 Å². The summed E-state index contributed by atoms with van der Waals surface area (Å²) in [6.45, 7) is 0. The number of aromatic nitrogens is 5. The van der Waals surface area contributed by atoms with Crippen LogP contribution in [0.3, 0.4) is 0 Å². The normalized spacial score (nSPS) is 13.2. The van der Waals surface area contributed by atoms with Crippen LogP contribution in [0.4, 0.5) is 0 Å². The van der Waals surface area contributed by atoms with Crippen molar-refractivity contribution >= 4 is 43.6 Å². The number of para-hydroxylation sites is 1. The van der Waals surface area contributed by atoms with Crippen LogP contribution < -0.4 is 4.74 Å². The smallest absolute Gasteiger partial charge is 0.134 e. The van der Waals surface area contributed by atoms with Gasteiger partial charge < -0.3 is 13.9 Å². The summed E-state index contributed by atoms with van der Waals surface area (Å²) in [5.41, 5.74) is 11.9. The zero-order chi connectivity index (χ0) is 37.1. The lowest BCUT2D eigenvalue weighted by Crippen LogP contribution is -2.32. The van der Waals surface area contributed by atoms with Gasteiger partial charge in [-0.15, -0.1) is 0 Å². The number of pyridine rings is 3. The van der Waals surface area contributed by atoms with Crippen LogP contribution in [-0.4, -0.2) is 24.1 Å². The van der Waals surface area contributed by atoms with Gasteiger partial charge in [-0.05, 0) is 83.9 Å². The van der Waals surface area contributed by atoms with Crippen LogP contribution in [0.5, 0.6) is 11.5 Å². The molecule has 0 radical (unpaired) electrons. The zero-order valence-electron chi connectivity index (χ0n) is 29.5. The van der Waals surface area contributed by atoms with Gasteiger partial charge in [0.05, 0.1) is 68.3 Å². The first kappa shape index (κ1) is 30.4. The Morgan fingerprint density at radius 3 is 1.64 bits per heavy atom. The summed E-state index contributed by atoms with van der Waals surface area (Å²) in [6.07, 6.45) is 7.42. The van der Waals surface area contributed by atoms with Crippen molar-refractivity contribution in [3.05, 3.63) is 186 Å². The molecule has 12 rings (SSSR count). The summed E-state index contributed by atoms with van der Waals surface area (Å²) in [5.74, 6) is 1.44. The fraction of sp³-hybridized carbons (Fsp3) is 0.0208. The van der Waals surface area contributed by atoms with Crippen LogP contribution in [-0.2, 0) is 5.41 Å². The molecule has 0 saturated heterocycles. The first-order valence-electron chi connectivity index (χ1n) is 18.3. The lowest BCUT2D eigenvalue weighted by atomic mass is 9.66. The van der Waals surface area contributed by atoms with E-state index in [1.807, 2.05) is 73.3 Å². The van der Waals surface area contributed by atoms with Gasteiger partial charge in [-0.25, -0.2) is 0 Å². The highest BCUT2D eigenvalue weighted by molar-refractivity contribution is 6.10. The lowest BCUT2D eigenvalue weighted by Gasteiger charge is -2.39. The Kier molecular flexibility index (Phi) is 5.96. The molecule has 0 amide bonds. The molecule has 8 heteroatoms. The van der Waals surface area contributed by atoms with E-state index in [4.69, 9.17) is 14.7 Å². The number of fused-ring (bicyclic) bond motifs is 15. The maximum Gasteiger partial charge on any atom is 0.134 e. The standard InChI is InChI=1S/C48H25N7O/c49-25-28-9-15-41-34(21-28)35-22-29(26-50)10-16-42(35)54(41)30-11-13-36-44(23-30)56-45-24-31(55-40-8-2-1-5-32(40)33-17-20-51-27-43(33)55)12-14-37(45)48(36)38-6-3-18-52-46(38)47-39(48)7-4-19-53-47/h1-24,27H. The number of ether oxygens (including phenoxy) is 1. The van der Waals surface area contributed by atoms with Crippen LogP contribution in [0.15, 0.2) is 152 Å². The van der Waals surface area contributed by atoms with Gasteiger partial charge in [-0.2, -0.15) is 10.5 Å². The molecule has 5 aromatic heterocycles. The molecule has 56 heavy (non-hydrogen) atoms. The fourth-order valence-electron chi connectivity index (χ4n) is 9.41. The molecule has 0 unspecified atom stereocenters. The molecule has 0 fully saturated rings. The van der Waals surface area contributed by atoms with Crippen molar-refractivity contribution in [1.82, 2.24) is 24.1 Å². The Morgan fingerprint density at radius 2 is 1.04 bits per heavy atom. The molecule has 1 spiro atoms. The van der Waals surface area contributed by atoms with E-state index < -0.39 is 5.41 Å². The maximum atomic E-state index is 9.79. The van der Waals surface area contributed by atoms with Crippen LogP contribution in [0.1, 0.15) is 33.4 Å². The van der Waals surface area contributed by atoms with Gasteiger partial charge in [0.2, 0.25) is 0 Å². The Hall–Kier alpha value is -8.07. The second-order valence-corrected chi connectivity index (χ2v) is 14.3. The van der Waals surface area contributed by atoms with Gasteiger partial charge in [-0.1, -0.05) is 42.5 Å². The Labute approximate surface area is 319 Å². The first-order valence-corrected chi connectivity index (χ1v) is 18.3. The Morgan fingerprint density at radius 1 is 0.482 bits per heavy atom. The van der Waals surface area contributed by atoms with Crippen LogP contribution >= 0.6 is 0 Å². The maximum absolute atomic E-state index is 9.79. The topological polar surface area (TPSA) is 105 Å². The van der Waals surface area contributed by atoms with Crippen molar-refractivity contribution in [2.45, 2.75) is 5.41 Å². The minimum atomic E-state index is -0.764. The highest BCUT2D eigenvalue weighted by atomic mass is 16.5. The van der Waals surface area contributed by atoms with Gasteiger partial charge in [0.1, 0.15) is 11.5 Å². The second kappa shape index (κ2) is 11.0. The predicted molar refractivity (Wildman–Crippen MR) is 215 cm³/mol. The van der Waals surface area contributed by atoms with Crippen molar-refractivity contribution < 1.29 is 4.74 Å². The summed E-state index contributed by atoms with van der Waals surface area (Å²) in [4.78, 5) is 14.3. The quantitative estimate of drug-likeness (QED) is 0.176. The molecule has 8 nitrogen and oxygen atoms in total. The largest absolute Gasteiger partial charge is 0.457 e. The number of hydrogen-bond acceptors (Lipinski definition) is 6. The summed E-state index contributed by atoms with van der Waals surface area (Å²) in [5, 5.41) is 23.7. The molecule has 6 heterocycles. The van der Waals surface area contributed by atoms with E-state index in [0.717, 1.165) is 94.4 Å². The van der Waals surface area contributed by atoms with Gasteiger partial charge in [-0.3, -0.25) is 15.0 Å². The van der Waals surface area contributed by atoms with Crippen LogP contribution in [0.2, 0.25) is 0 Å². The van der Waals surface area contributed by atoms with E-state index in [9.17, 15) is 10.5 Å². The second-order valence-electron chi connectivity index (χ2n) is 14.3. The predicted octanol–water partition coefficient (Wildman–Crippen LogP) is 10.3. The van der Waals surface area contributed by atoms with E-state index in [1.54, 1.807) is 0 Å². The number of hydrogen-bond donors (Lipinski definition) is 0. The molecule has 0 bridgehead atoms.